The molecular weight excluding hydrogens is 465 g/mol. The predicted octanol–water partition coefficient (Wildman–Crippen LogP) is 3.38. The zero-order valence-corrected chi connectivity index (χ0v) is 19.5. The van der Waals surface area contributed by atoms with Crippen LogP contribution < -0.4 is 20.9 Å². The number of carbonyl (C=O) groups excluding carboxylic acids is 2. The van der Waals surface area contributed by atoms with E-state index in [0.29, 0.717) is 24.7 Å². The second-order valence-electron chi connectivity index (χ2n) is 8.13. The van der Waals surface area contributed by atoms with Gasteiger partial charge in [0.15, 0.2) is 11.6 Å². The number of carbonyl (C=O) groups is 2. The van der Waals surface area contributed by atoms with Gasteiger partial charge in [-0.1, -0.05) is 0 Å². The molecule has 10 nitrogen and oxygen atoms in total. The molecule has 0 spiro atoms. The van der Waals surface area contributed by atoms with E-state index in [1.807, 2.05) is 30.5 Å². The van der Waals surface area contributed by atoms with E-state index >= 15 is 0 Å². The number of amides is 3. The minimum absolute atomic E-state index is 0.101. The van der Waals surface area contributed by atoms with Crippen LogP contribution in [0.2, 0.25) is 0 Å². The number of halogens is 1. The van der Waals surface area contributed by atoms with E-state index in [2.05, 4.69) is 25.9 Å². The van der Waals surface area contributed by atoms with Gasteiger partial charge in [0, 0.05) is 43.3 Å². The molecule has 184 valence electrons. The van der Waals surface area contributed by atoms with Gasteiger partial charge in [-0.15, -0.1) is 5.10 Å². The molecule has 1 aliphatic heterocycles. The zero-order valence-electron chi connectivity index (χ0n) is 19.5. The molecule has 2 aromatic carbocycles. The maximum atomic E-state index is 14.1. The predicted molar refractivity (Wildman–Crippen MR) is 134 cm³/mol. The standard InChI is InChI=1S/C25H24FN7O3/c1-27-24(34)19-9-8-18(15-20(19)26)29-25(35)28-17-6-4-16(5-7-17)22-30-23(32-11-13-36-14-12-32)21-3-2-10-33(21)31-22/h2-10,15H,11-14H2,1H3,(H,27,34)(H2,28,29,35). The molecule has 0 unspecified atom stereocenters. The highest BCUT2D eigenvalue weighted by Gasteiger charge is 2.18. The highest BCUT2D eigenvalue weighted by Crippen LogP contribution is 2.25. The Morgan fingerprint density at radius 2 is 1.72 bits per heavy atom. The highest BCUT2D eigenvalue weighted by molar-refractivity contribution is 6.00. The number of morpholine rings is 1. The minimum atomic E-state index is -0.729. The summed E-state index contributed by atoms with van der Waals surface area (Å²) in [5.41, 5.74) is 2.37. The van der Waals surface area contributed by atoms with E-state index in [1.54, 1.807) is 16.6 Å². The number of nitrogens with zero attached hydrogens (tertiary/aromatic N) is 4. The Hall–Kier alpha value is -4.51. The van der Waals surface area contributed by atoms with Crippen molar-refractivity contribution in [3.8, 4) is 11.4 Å². The van der Waals surface area contributed by atoms with Crippen molar-refractivity contribution in [1.82, 2.24) is 19.9 Å². The van der Waals surface area contributed by atoms with Crippen LogP contribution in [0.25, 0.3) is 16.9 Å². The van der Waals surface area contributed by atoms with Crippen LogP contribution in [0.1, 0.15) is 10.4 Å². The second kappa shape index (κ2) is 10.0. The number of anilines is 3. The summed E-state index contributed by atoms with van der Waals surface area (Å²) in [7, 11) is 1.42. The van der Waals surface area contributed by atoms with Gasteiger partial charge in [0.25, 0.3) is 5.91 Å². The largest absolute Gasteiger partial charge is 0.378 e. The van der Waals surface area contributed by atoms with Crippen molar-refractivity contribution in [3.63, 3.8) is 0 Å². The normalized spacial score (nSPS) is 13.4. The van der Waals surface area contributed by atoms with E-state index in [-0.39, 0.29) is 11.3 Å². The van der Waals surface area contributed by atoms with E-state index in [4.69, 9.17) is 9.72 Å². The first-order chi connectivity index (χ1) is 17.5. The molecule has 5 rings (SSSR count). The molecule has 0 aliphatic carbocycles. The first kappa shape index (κ1) is 23.2. The summed E-state index contributed by atoms with van der Waals surface area (Å²) in [5.74, 6) is 0.139. The smallest absolute Gasteiger partial charge is 0.323 e. The van der Waals surface area contributed by atoms with Gasteiger partial charge < -0.3 is 25.6 Å². The lowest BCUT2D eigenvalue weighted by molar-refractivity contribution is 0.0959. The first-order valence-electron chi connectivity index (χ1n) is 11.4. The first-order valence-corrected chi connectivity index (χ1v) is 11.4. The van der Waals surface area contributed by atoms with Crippen LogP contribution in [-0.4, -0.2) is 59.9 Å². The van der Waals surface area contributed by atoms with Gasteiger partial charge in [0.1, 0.15) is 11.3 Å². The Morgan fingerprint density at radius 1 is 1.00 bits per heavy atom. The van der Waals surface area contributed by atoms with Crippen LogP contribution in [0.15, 0.2) is 60.8 Å². The van der Waals surface area contributed by atoms with Gasteiger partial charge in [0.2, 0.25) is 0 Å². The Balaban J connectivity index is 1.30. The average Bonchev–Trinajstić information content (AvgIpc) is 3.37. The maximum absolute atomic E-state index is 14.1. The van der Waals surface area contributed by atoms with Crippen molar-refractivity contribution in [1.29, 1.82) is 0 Å². The third-order valence-electron chi connectivity index (χ3n) is 5.78. The molecule has 4 aromatic rings. The fraction of sp³-hybridized carbons (Fsp3) is 0.200. The molecule has 11 heteroatoms. The molecular formula is C25H24FN7O3. The lowest BCUT2D eigenvalue weighted by atomic mass is 10.2. The van der Waals surface area contributed by atoms with Crippen molar-refractivity contribution >= 4 is 34.6 Å². The van der Waals surface area contributed by atoms with E-state index in [9.17, 15) is 14.0 Å². The molecule has 3 amide bonds. The van der Waals surface area contributed by atoms with Crippen LogP contribution in [0.3, 0.4) is 0 Å². The summed E-state index contributed by atoms with van der Waals surface area (Å²) in [6.07, 6.45) is 1.88. The number of ether oxygens (including phenoxy) is 1. The van der Waals surface area contributed by atoms with Crippen molar-refractivity contribution < 1.29 is 18.7 Å². The van der Waals surface area contributed by atoms with Crippen LogP contribution in [0.5, 0.6) is 0 Å². The summed E-state index contributed by atoms with van der Waals surface area (Å²) >= 11 is 0. The summed E-state index contributed by atoms with van der Waals surface area (Å²) < 4.78 is 21.4. The number of fused-ring (bicyclic) bond motifs is 1. The monoisotopic (exact) mass is 489 g/mol. The lowest BCUT2D eigenvalue weighted by Gasteiger charge is -2.28. The van der Waals surface area contributed by atoms with Crippen LogP contribution in [0, 0.1) is 5.82 Å². The van der Waals surface area contributed by atoms with Gasteiger partial charge >= 0.3 is 6.03 Å². The Bertz CT molecular complexity index is 1420. The molecule has 0 atom stereocenters. The maximum Gasteiger partial charge on any atom is 0.323 e. The Labute approximate surface area is 206 Å². The van der Waals surface area contributed by atoms with Gasteiger partial charge in [-0.2, -0.15) is 0 Å². The van der Waals surface area contributed by atoms with Crippen LogP contribution >= 0.6 is 0 Å². The molecule has 3 heterocycles. The molecule has 1 fully saturated rings. The topological polar surface area (TPSA) is 113 Å². The summed E-state index contributed by atoms with van der Waals surface area (Å²) in [6.45, 7) is 2.82. The fourth-order valence-corrected chi connectivity index (χ4v) is 3.96. The number of benzene rings is 2. The molecule has 0 saturated carbocycles. The molecule has 2 aromatic heterocycles. The van der Waals surface area contributed by atoms with Gasteiger partial charge in [0.05, 0.1) is 18.8 Å². The minimum Gasteiger partial charge on any atom is -0.378 e. The second-order valence-corrected chi connectivity index (χ2v) is 8.13. The molecule has 1 aliphatic rings. The van der Waals surface area contributed by atoms with Gasteiger partial charge in [-0.3, -0.25) is 4.79 Å². The molecule has 0 bridgehead atoms. The van der Waals surface area contributed by atoms with Gasteiger partial charge in [-0.25, -0.2) is 18.7 Å². The highest BCUT2D eigenvalue weighted by atomic mass is 19.1. The Morgan fingerprint density at radius 3 is 2.44 bits per heavy atom. The molecule has 3 N–H and O–H groups in total. The number of hydrogen-bond donors (Lipinski definition) is 3. The van der Waals surface area contributed by atoms with Crippen LogP contribution in [0.4, 0.5) is 26.4 Å². The SMILES string of the molecule is CNC(=O)c1ccc(NC(=O)Nc2ccc(-c3nc(N4CCOCC4)c4cccn4n3)cc2)cc1F. The number of aromatic nitrogens is 3. The molecule has 1 saturated heterocycles. The number of urea groups is 1. The molecule has 0 radical (unpaired) electrons. The van der Waals surface area contributed by atoms with Crippen molar-refractivity contribution in [3.05, 3.63) is 72.2 Å². The zero-order chi connectivity index (χ0) is 25.1. The van der Waals surface area contributed by atoms with Crippen molar-refractivity contribution in [2.24, 2.45) is 0 Å². The van der Waals surface area contributed by atoms with E-state index in [1.165, 1.54) is 19.2 Å². The van der Waals surface area contributed by atoms with Crippen molar-refractivity contribution in [2.75, 3.05) is 48.9 Å². The third kappa shape index (κ3) is 4.82. The lowest BCUT2D eigenvalue weighted by Crippen LogP contribution is -2.37. The number of nitrogens with one attached hydrogen (secondary N) is 3. The number of rotatable bonds is 5. The van der Waals surface area contributed by atoms with Gasteiger partial charge in [-0.05, 0) is 54.6 Å². The quantitative estimate of drug-likeness (QED) is 0.396. The Kier molecular flexibility index (Phi) is 6.46. The third-order valence-corrected chi connectivity index (χ3v) is 5.78. The van der Waals surface area contributed by atoms with Crippen LogP contribution in [-0.2, 0) is 4.74 Å². The summed E-state index contributed by atoms with van der Waals surface area (Å²) in [5, 5.41) is 12.3. The number of hydrogen-bond acceptors (Lipinski definition) is 6. The van der Waals surface area contributed by atoms with E-state index in [0.717, 1.165) is 36.1 Å². The summed E-state index contributed by atoms with van der Waals surface area (Å²) in [4.78, 5) is 31.0. The van der Waals surface area contributed by atoms with Crippen molar-refractivity contribution in [2.45, 2.75) is 0 Å². The fourth-order valence-electron chi connectivity index (χ4n) is 3.96. The summed E-state index contributed by atoms with van der Waals surface area (Å²) in [6, 6.07) is 14.3. The molecule has 36 heavy (non-hydrogen) atoms. The average molecular weight is 490 g/mol. The van der Waals surface area contributed by atoms with E-state index < -0.39 is 17.8 Å².